The summed E-state index contributed by atoms with van der Waals surface area (Å²) in [6.07, 6.45) is 0.997. The Kier molecular flexibility index (Phi) is 5.29. The molecule has 0 aliphatic carbocycles. The van der Waals surface area contributed by atoms with Crippen molar-refractivity contribution in [2.45, 2.75) is 33.3 Å². The second kappa shape index (κ2) is 6.50. The molecule has 94 valence electrons. The number of rotatable bonds is 5. The van der Waals surface area contributed by atoms with Gasteiger partial charge in [0.2, 0.25) is 0 Å². The largest absolute Gasteiger partial charge is 0.489 e. The molecule has 1 aromatic carbocycles. The summed E-state index contributed by atoms with van der Waals surface area (Å²) in [6.45, 7) is 6.11. The van der Waals surface area contributed by atoms with Gasteiger partial charge in [0.05, 0.1) is 23.3 Å². The highest BCUT2D eigenvalue weighted by atomic mass is 35.5. The summed E-state index contributed by atoms with van der Waals surface area (Å²) in [5.41, 5.74) is 0.438. The Labute approximate surface area is 107 Å². The Morgan fingerprint density at radius 3 is 2.65 bits per heavy atom. The molecule has 1 unspecified atom stereocenters. The average molecular weight is 257 g/mol. The van der Waals surface area contributed by atoms with Crippen molar-refractivity contribution in [3.8, 4) is 5.75 Å². The van der Waals surface area contributed by atoms with E-state index in [4.69, 9.17) is 21.1 Å². The van der Waals surface area contributed by atoms with Gasteiger partial charge >= 0.3 is 5.97 Å². The molecule has 0 bridgehead atoms. The number of esters is 1. The maximum absolute atomic E-state index is 11.5. The number of halogens is 1. The molecule has 1 rings (SSSR count). The minimum Gasteiger partial charge on any atom is -0.489 e. The van der Waals surface area contributed by atoms with Crippen LogP contribution in [0.25, 0.3) is 0 Å². The molecule has 0 spiro atoms. The molecule has 0 radical (unpaired) electrons. The molecule has 0 heterocycles. The Balaban J connectivity index is 2.82. The number of benzene rings is 1. The zero-order valence-electron chi connectivity index (χ0n) is 10.3. The van der Waals surface area contributed by atoms with Crippen LogP contribution in [0.3, 0.4) is 0 Å². The second-order valence-corrected chi connectivity index (χ2v) is 4.11. The lowest BCUT2D eigenvalue weighted by Gasteiger charge is -2.14. The molecule has 1 aromatic rings. The fourth-order valence-corrected chi connectivity index (χ4v) is 1.46. The predicted octanol–water partition coefficient (Wildman–Crippen LogP) is 3.69. The summed E-state index contributed by atoms with van der Waals surface area (Å²) >= 11 is 6.04. The molecule has 4 heteroatoms. The third-order valence-electron chi connectivity index (χ3n) is 2.35. The molecule has 1 atom stereocenters. The van der Waals surface area contributed by atoms with Crippen molar-refractivity contribution < 1.29 is 14.3 Å². The van der Waals surface area contributed by atoms with E-state index in [1.165, 1.54) is 0 Å². The third-order valence-corrected chi connectivity index (χ3v) is 2.64. The van der Waals surface area contributed by atoms with Gasteiger partial charge in [0.25, 0.3) is 0 Å². The van der Waals surface area contributed by atoms with Crippen molar-refractivity contribution in [3.63, 3.8) is 0 Å². The van der Waals surface area contributed by atoms with E-state index in [2.05, 4.69) is 0 Å². The van der Waals surface area contributed by atoms with Crippen LogP contribution in [0.1, 0.15) is 37.6 Å². The first-order valence-electron chi connectivity index (χ1n) is 5.71. The van der Waals surface area contributed by atoms with Crippen LogP contribution in [0.4, 0.5) is 0 Å². The zero-order valence-corrected chi connectivity index (χ0v) is 11.1. The zero-order chi connectivity index (χ0) is 12.8. The van der Waals surface area contributed by atoms with E-state index in [0.29, 0.717) is 22.9 Å². The van der Waals surface area contributed by atoms with Crippen LogP contribution < -0.4 is 4.74 Å². The lowest BCUT2D eigenvalue weighted by Crippen LogP contribution is -2.10. The van der Waals surface area contributed by atoms with Gasteiger partial charge < -0.3 is 9.47 Å². The summed E-state index contributed by atoms with van der Waals surface area (Å²) in [5.74, 6) is 0.221. The Hall–Kier alpha value is -1.22. The van der Waals surface area contributed by atoms with Gasteiger partial charge in [0.15, 0.2) is 0 Å². The van der Waals surface area contributed by atoms with Crippen LogP contribution in [0, 0.1) is 0 Å². The number of hydrogen-bond acceptors (Lipinski definition) is 3. The predicted molar refractivity (Wildman–Crippen MR) is 67.8 cm³/mol. The highest BCUT2D eigenvalue weighted by molar-refractivity contribution is 6.32. The van der Waals surface area contributed by atoms with Crippen molar-refractivity contribution >= 4 is 17.6 Å². The van der Waals surface area contributed by atoms with E-state index in [1.807, 2.05) is 13.8 Å². The molecule has 0 aromatic heterocycles. The Morgan fingerprint density at radius 2 is 2.12 bits per heavy atom. The minimum atomic E-state index is -0.371. The van der Waals surface area contributed by atoms with Crippen LogP contribution in [0.2, 0.25) is 5.02 Å². The fraction of sp³-hybridized carbons (Fsp3) is 0.462. The number of carbonyl (C=O) groups excluding carboxylic acids is 1. The van der Waals surface area contributed by atoms with Gasteiger partial charge in [-0.15, -0.1) is 0 Å². The van der Waals surface area contributed by atoms with E-state index in [-0.39, 0.29) is 12.1 Å². The van der Waals surface area contributed by atoms with Gasteiger partial charge in [-0.2, -0.15) is 0 Å². The molecule has 0 aliphatic rings. The van der Waals surface area contributed by atoms with Crippen LogP contribution in [-0.4, -0.2) is 18.7 Å². The smallest absolute Gasteiger partial charge is 0.338 e. The van der Waals surface area contributed by atoms with E-state index in [1.54, 1.807) is 25.1 Å². The summed E-state index contributed by atoms with van der Waals surface area (Å²) in [7, 11) is 0. The lowest BCUT2D eigenvalue weighted by molar-refractivity contribution is 0.0526. The van der Waals surface area contributed by atoms with Gasteiger partial charge in [-0.25, -0.2) is 4.79 Å². The first-order chi connectivity index (χ1) is 8.08. The molecule has 3 nitrogen and oxygen atoms in total. The Morgan fingerprint density at radius 1 is 1.41 bits per heavy atom. The van der Waals surface area contributed by atoms with Gasteiger partial charge in [0.1, 0.15) is 5.75 Å². The van der Waals surface area contributed by atoms with Crippen LogP contribution in [-0.2, 0) is 4.74 Å². The van der Waals surface area contributed by atoms with Crippen molar-refractivity contribution in [2.24, 2.45) is 0 Å². The normalized spacial score (nSPS) is 12.0. The molecular formula is C13H17ClO3. The van der Waals surface area contributed by atoms with Crippen molar-refractivity contribution in [1.29, 1.82) is 0 Å². The third kappa shape index (κ3) is 3.93. The number of carbonyl (C=O) groups is 1. The molecule has 0 fully saturated rings. The molecule has 0 aliphatic heterocycles. The standard InChI is InChI=1S/C13H17ClO3/c1-4-9(3)17-12-7-6-10(8-11(12)14)13(15)16-5-2/h6-9H,4-5H2,1-3H3. The summed E-state index contributed by atoms with van der Waals surface area (Å²) < 4.78 is 10.5. The molecule has 17 heavy (non-hydrogen) atoms. The summed E-state index contributed by atoms with van der Waals surface area (Å²) in [6, 6.07) is 4.92. The number of hydrogen-bond donors (Lipinski definition) is 0. The number of ether oxygens (including phenoxy) is 2. The van der Waals surface area contributed by atoms with Gasteiger partial charge in [0, 0.05) is 0 Å². The molecule has 0 amide bonds. The molecule has 0 saturated carbocycles. The van der Waals surface area contributed by atoms with E-state index < -0.39 is 0 Å². The van der Waals surface area contributed by atoms with Crippen molar-refractivity contribution in [3.05, 3.63) is 28.8 Å². The van der Waals surface area contributed by atoms with Gasteiger partial charge in [-0.1, -0.05) is 18.5 Å². The van der Waals surface area contributed by atoms with Crippen LogP contribution in [0.5, 0.6) is 5.75 Å². The van der Waals surface area contributed by atoms with Crippen LogP contribution >= 0.6 is 11.6 Å². The van der Waals surface area contributed by atoms with Crippen LogP contribution in [0.15, 0.2) is 18.2 Å². The topological polar surface area (TPSA) is 35.5 Å². The summed E-state index contributed by atoms with van der Waals surface area (Å²) in [4.78, 5) is 11.5. The molecular weight excluding hydrogens is 240 g/mol. The van der Waals surface area contributed by atoms with E-state index in [0.717, 1.165) is 6.42 Å². The molecule has 0 N–H and O–H groups in total. The van der Waals surface area contributed by atoms with E-state index in [9.17, 15) is 4.79 Å². The minimum absolute atomic E-state index is 0.0981. The quantitative estimate of drug-likeness (QED) is 0.754. The maximum Gasteiger partial charge on any atom is 0.338 e. The second-order valence-electron chi connectivity index (χ2n) is 3.70. The SMILES string of the molecule is CCOC(=O)c1ccc(OC(C)CC)c(Cl)c1. The summed E-state index contributed by atoms with van der Waals surface area (Å²) in [5, 5.41) is 0.427. The Bertz CT molecular complexity index is 390. The van der Waals surface area contributed by atoms with Crippen molar-refractivity contribution in [2.75, 3.05) is 6.61 Å². The van der Waals surface area contributed by atoms with Gasteiger partial charge in [-0.3, -0.25) is 0 Å². The van der Waals surface area contributed by atoms with E-state index >= 15 is 0 Å². The highest BCUT2D eigenvalue weighted by Gasteiger charge is 2.11. The first kappa shape index (κ1) is 13.8. The lowest BCUT2D eigenvalue weighted by atomic mass is 10.2. The average Bonchev–Trinajstić information content (AvgIpc) is 2.31. The first-order valence-corrected chi connectivity index (χ1v) is 6.09. The van der Waals surface area contributed by atoms with Crippen molar-refractivity contribution in [1.82, 2.24) is 0 Å². The fourth-order valence-electron chi connectivity index (χ4n) is 1.24. The van der Waals surface area contributed by atoms with Gasteiger partial charge in [-0.05, 0) is 38.5 Å². The maximum atomic E-state index is 11.5. The molecule has 0 saturated heterocycles. The highest BCUT2D eigenvalue weighted by Crippen LogP contribution is 2.27. The monoisotopic (exact) mass is 256 g/mol.